The summed E-state index contributed by atoms with van der Waals surface area (Å²) in [5, 5.41) is 3.60. The van der Waals surface area contributed by atoms with Crippen molar-refractivity contribution < 1.29 is 18.8 Å². The molecule has 114 valence electrons. The Kier molecular flexibility index (Phi) is 3.31. The van der Waals surface area contributed by atoms with Crippen LogP contribution in [0.15, 0.2) is 65.3 Å². The van der Waals surface area contributed by atoms with Crippen molar-refractivity contribution >= 4 is 5.97 Å². The molecule has 5 nitrogen and oxygen atoms in total. The number of aromatic nitrogens is 1. The van der Waals surface area contributed by atoms with Gasteiger partial charge in [0.05, 0.1) is 6.20 Å². The molecule has 0 spiro atoms. The van der Waals surface area contributed by atoms with Crippen molar-refractivity contribution in [2.75, 3.05) is 0 Å². The van der Waals surface area contributed by atoms with Crippen molar-refractivity contribution in [1.29, 1.82) is 0 Å². The zero-order valence-corrected chi connectivity index (χ0v) is 12.1. The standard InChI is InChI=1S/C18H13NO4/c20-18(21-11-12-9-10-19-23-12)17-13-5-1-3-7-15(13)22-16-8-4-2-6-14(16)17/h1-10,17H,11H2. The second kappa shape index (κ2) is 5.61. The molecule has 0 radical (unpaired) electrons. The van der Waals surface area contributed by atoms with Crippen LogP contribution in [0.4, 0.5) is 0 Å². The van der Waals surface area contributed by atoms with Crippen LogP contribution in [0, 0.1) is 0 Å². The summed E-state index contributed by atoms with van der Waals surface area (Å²) in [6.45, 7) is 0.0561. The van der Waals surface area contributed by atoms with Crippen LogP contribution in [-0.2, 0) is 16.1 Å². The Morgan fingerprint density at radius 1 is 1.00 bits per heavy atom. The zero-order chi connectivity index (χ0) is 15.6. The second-order valence-corrected chi connectivity index (χ2v) is 5.20. The van der Waals surface area contributed by atoms with Crippen molar-refractivity contribution in [2.45, 2.75) is 12.5 Å². The molecule has 0 atom stereocenters. The zero-order valence-electron chi connectivity index (χ0n) is 12.1. The highest BCUT2D eigenvalue weighted by atomic mass is 16.6. The molecule has 0 amide bonds. The molecule has 0 fully saturated rings. The van der Waals surface area contributed by atoms with Crippen LogP contribution >= 0.6 is 0 Å². The van der Waals surface area contributed by atoms with Gasteiger partial charge in [-0.15, -0.1) is 0 Å². The first kappa shape index (κ1) is 13.6. The highest BCUT2D eigenvalue weighted by molar-refractivity contribution is 5.85. The van der Waals surface area contributed by atoms with E-state index in [9.17, 15) is 4.79 Å². The third-order valence-corrected chi connectivity index (χ3v) is 3.76. The molecule has 0 unspecified atom stereocenters. The molecule has 1 aliphatic rings. The number of nitrogens with zero attached hydrogens (tertiary/aromatic N) is 1. The fraction of sp³-hybridized carbons (Fsp3) is 0.111. The van der Waals surface area contributed by atoms with Gasteiger partial charge in [0.2, 0.25) is 0 Å². The molecule has 0 bridgehead atoms. The molecule has 0 N–H and O–H groups in total. The Hall–Kier alpha value is -3.08. The summed E-state index contributed by atoms with van der Waals surface area (Å²) in [7, 11) is 0. The quantitative estimate of drug-likeness (QED) is 0.691. The van der Waals surface area contributed by atoms with Gasteiger partial charge >= 0.3 is 5.97 Å². The van der Waals surface area contributed by atoms with Gasteiger partial charge in [0, 0.05) is 17.2 Å². The first-order chi connectivity index (χ1) is 11.3. The van der Waals surface area contributed by atoms with Gasteiger partial charge in [-0.2, -0.15) is 0 Å². The van der Waals surface area contributed by atoms with Gasteiger partial charge in [-0.3, -0.25) is 4.79 Å². The lowest BCUT2D eigenvalue weighted by Gasteiger charge is -2.26. The number of carbonyl (C=O) groups is 1. The minimum Gasteiger partial charge on any atom is -0.457 e. The molecule has 1 aromatic heterocycles. The molecule has 2 heterocycles. The predicted octanol–water partition coefficient (Wildman–Crippen LogP) is 3.66. The Morgan fingerprint density at radius 2 is 1.65 bits per heavy atom. The van der Waals surface area contributed by atoms with E-state index in [0.29, 0.717) is 17.3 Å². The molecule has 23 heavy (non-hydrogen) atoms. The minimum absolute atomic E-state index is 0.0561. The van der Waals surface area contributed by atoms with E-state index < -0.39 is 5.92 Å². The number of ether oxygens (including phenoxy) is 2. The number of carbonyl (C=O) groups excluding carboxylic acids is 1. The van der Waals surface area contributed by atoms with E-state index >= 15 is 0 Å². The van der Waals surface area contributed by atoms with Gasteiger partial charge in [0.1, 0.15) is 17.4 Å². The third-order valence-electron chi connectivity index (χ3n) is 3.76. The van der Waals surface area contributed by atoms with Gasteiger partial charge in [-0.1, -0.05) is 41.6 Å². The van der Waals surface area contributed by atoms with E-state index in [1.54, 1.807) is 6.07 Å². The summed E-state index contributed by atoms with van der Waals surface area (Å²) in [5.41, 5.74) is 1.60. The first-order valence-corrected chi connectivity index (χ1v) is 7.25. The number of esters is 1. The van der Waals surface area contributed by atoms with Crippen LogP contribution in [0.3, 0.4) is 0 Å². The fourth-order valence-corrected chi connectivity index (χ4v) is 2.71. The number of hydrogen-bond donors (Lipinski definition) is 0. The average Bonchev–Trinajstić information content (AvgIpc) is 3.11. The van der Waals surface area contributed by atoms with Crippen molar-refractivity contribution in [3.05, 3.63) is 77.7 Å². The molecular formula is C18H13NO4. The summed E-state index contributed by atoms with van der Waals surface area (Å²) in [5.74, 6) is 0.997. The maximum absolute atomic E-state index is 12.7. The predicted molar refractivity (Wildman–Crippen MR) is 81.1 cm³/mol. The summed E-state index contributed by atoms with van der Waals surface area (Å²) in [4.78, 5) is 12.7. The molecule has 1 aliphatic heterocycles. The normalized spacial score (nSPS) is 12.9. The highest BCUT2D eigenvalue weighted by Crippen LogP contribution is 2.44. The highest BCUT2D eigenvalue weighted by Gasteiger charge is 2.33. The minimum atomic E-state index is -0.515. The maximum atomic E-state index is 12.7. The van der Waals surface area contributed by atoms with E-state index in [0.717, 1.165) is 11.1 Å². The lowest BCUT2D eigenvalue weighted by molar-refractivity contribution is -0.146. The molecule has 5 heteroatoms. The van der Waals surface area contributed by atoms with Crippen LogP contribution < -0.4 is 4.74 Å². The van der Waals surface area contributed by atoms with Crippen LogP contribution in [0.1, 0.15) is 22.8 Å². The van der Waals surface area contributed by atoms with Crippen molar-refractivity contribution in [3.63, 3.8) is 0 Å². The molecule has 3 aromatic rings. The lowest BCUT2D eigenvalue weighted by Crippen LogP contribution is -2.21. The van der Waals surface area contributed by atoms with E-state index in [2.05, 4.69) is 5.16 Å². The number of fused-ring (bicyclic) bond motifs is 2. The van der Waals surface area contributed by atoms with E-state index in [1.807, 2.05) is 48.5 Å². The maximum Gasteiger partial charge on any atom is 0.318 e. The van der Waals surface area contributed by atoms with Crippen LogP contribution in [0.2, 0.25) is 0 Å². The number of para-hydroxylation sites is 2. The third kappa shape index (κ3) is 2.46. The fourth-order valence-electron chi connectivity index (χ4n) is 2.71. The van der Waals surface area contributed by atoms with Crippen LogP contribution in [0.5, 0.6) is 11.5 Å². The largest absolute Gasteiger partial charge is 0.457 e. The Balaban J connectivity index is 1.68. The first-order valence-electron chi connectivity index (χ1n) is 7.25. The van der Waals surface area contributed by atoms with Gasteiger partial charge in [0.25, 0.3) is 0 Å². The number of rotatable bonds is 3. The van der Waals surface area contributed by atoms with E-state index in [-0.39, 0.29) is 12.6 Å². The summed E-state index contributed by atoms with van der Waals surface area (Å²) in [6.07, 6.45) is 1.52. The average molecular weight is 307 g/mol. The molecule has 4 rings (SSSR count). The van der Waals surface area contributed by atoms with Crippen LogP contribution in [0.25, 0.3) is 0 Å². The SMILES string of the molecule is O=C(OCc1ccno1)C1c2ccccc2Oc2ccccc21. The topological polar surface area (TPSA) is 61.6 Å². The molecule has 2 aromatic carbocycles. The van der Waals surface area contributed by atoms with E-state index in [4.69, 9.17) is 14.0 Å². The van der Waals surface area contributed by atoms with E-state index in [1.165, 1.54) is 6.20 Å². The smallest absolute Gasteiger partial charge is 0.318 e. The Morgan fingerprint density at radius 3 is 2.26 bits per heavy atom. The van der Waals surface area contributed by atoms with Crippen molar-refractivity contribution in [2.24, 2.45) is 0 Å². The Bertz CT molecular complexity index is 796. The van der Waals surface area contributed by atoms with Gasteiger partial charge in [-0.05, 0) is 12.1 Å². The molecule has 0 saturated carbocycles. The number of benzene rings is 2. The number of hydrogen-bond acceptors (Lipinski definition) is 5. The van der Waals surface area contributed by atoms with Gasteiger partial charge in [0.15, 0.2) is 12.4 Å². The second-order valence-electron chi connectivity index (χ2n) is 5.20. The molecule has 0 saturated heterocycles. The Labute approximate surface area is 132 Å². The van der Waals surface area contributed by atoms with Crippen molar-refractivity contribution in [1.82, 2.24) is 5.16 Å². The monoisotopic (exact) mass is 307 g/mol. The summed E-state index contributed by atoms with van der Waals surface area (Å²) >= 11 is 0. The summed E-state index contributed by atoms with van der Waals surface area (Å²) in [6, 6.07) is 16.6. The van der Waals surface area contributed by atoms with Crippen molar-refractivity contribution in [3.8, 4) is 11.5 Å². The van der Waals surface area contributed by atoms with Gasteiger partial charge < -0.3 is 14.0 Å². The molecular weight excluding hydrogens is 294 g/mol. The summed E-state index contributed by atoms with van der Waals surface area (Å²) < 4.78 is 16.2. The lowest BCUT2D eigenvalue weighted by atomic mass is 9.88. The van der Waals surface area contributed by atoms with Gasteiger partial charge in [-0.25, -0.2) is 0 Å². The van der Waals surface area contributed by atoms with Crippen LogP contribution in [-0.4, -0.2) is 11.1 Å². The molecule has 0 aliphatic carbocycles.